The number of rotatable bonds is 6. The van der Waals surface area contributed by atoms with Gasteiger partial charge < -0.3 is 9.63 Å². The molecule has 7 heteroatoms. The maximum absolute atomic E-state index is 9.07. The monoisotopic (exact) mass is 343 g/mol. The minimum atomic E-state index is 0.162. The molecule has 1 aliphatic rings. The third-order valence-corrected chi connectivity index (χ3v) is 4.73. The predicted molar refractivity (Wildman–Crippen MR) is 75.8 cm³/mol. The number of nitrogens with zero attached hydrogens (tertiary/aromatic N) is 3. The first kappa shape index (κ1) is 13.2. The number of aromatic nitrogens is 2. The van der Waals surface area contributed by atoms with Crippen LogP contribution in [0.2, 0.25) is 0 Å². The van der Waals surface area contributed by atoms with Crippen molar-refractivity contribution in [1.82, 2.24) is 15.0 Å². The van der Waals surface area contributed by atoms with Crippen molar-refractivity contribution in [3.05, 3.63) is 21.8 Å². The summed E-state index contributed by atoms with van der Waals surface area (Å²) in [7, 11) is 0. The van der Waals surface area contributed by atoms with Gasteiger partial charge in [-0.2, -0.15) is 4.98 Å². The Morgan fingerprint density at radius 2 is 2.37 bits per heavy atom. The van der Waals surface area contributed by atoms with Crippen LogP contribution in [0.1, 0.15) is 18.7 Å². The molecule has 0 radical (unpaired) electrons. The van der Waals surface area contributed by atoms with Crippen molar-refractivity contribution >= 4 is 27.3 Å². The molecule has 0 aliphatic heterocycles. The number of hydrogen-bond acceptors (Lipinski definition) is 6. The van der Waals surface area contributed by atoms with E-state index in [1.165, 1.54) is 12.8 Å². The first-order chi connectivity index (χ1) is 9.26. The summed E-state index contributed by atoms with van der Waals surface area (Å²) in [6.45, 7) is 1.44. The first-order valence-electron chi connectivity index (χ1n) is 6.18. The summed E-state index contributed by atoms with van der Waals surface area (Å²) in [6.07, 6.45) is 2.39. The van der Waals surface area contributed by atoms with Crippen LogP contribution in [-0.2, 0) is 6.54 Å². The highest BCUT2D eigenvalue weighted by Gasteiger charge is 2.29. The molecule has 1 saturated carbocycles. The molecule has 0 unspecified atom stereocenters. The van der Waals surface area contributed by atoms with Gasteiger partial charge in [-0.15, -0.1) is 11.3 Å². The van der Waals surface area contributed by atoms with E-state index in [1.54, 1.807) is 11.3 Å². The maximum Gasteiger partial charge on any atom is 0.241 e. The van der Waals surface area contributed by atoms with E-state index in [1.807, 2.05) is 11.4 Å². The Bertz CT molecular complexity index is 553. The van der Waals surface area contributed by atoms with E-state index < -0.39 is 0 Å². The fraction of sp³-hybridized carbons (Fsp3) is 0.500. The van der Waals surface area contributed by atoms with Gasteiger partial charge in [0.2, 0.25) is 11.7 Å². The van der Waals surface area contributed by atoms with Crippen LogP contribution < -0.4 is 0 Å². The van der Waals surface area contributed by atoms with Crippen LogP contribution >= 0.6 is 27.3 Å². The molecule has 0 saturated heterocycles. The smallest absolute Gasteiger partial charge is 0.241 e. The maximum atomic E-state index is 9.07. The van der Waals surface area contributed by atoms with Gasteiger partial charge in [0.15, 0.2) is 0 Å². The Kier molecular flexibility index (Phi) is 3.97. The number of hydrogen-bond donors (Lipinski definition) is 1. The summed E-state index contributed by atoms with van der Waals surface area (Å²) in [5.74, 6) is 1.24. The minimum absolute atomic E-state index is 0.162. The van der Waals surface area contributed by atoms with Gasteiger partial charge in [-0.25, -0.2) is 0 Å². The van der Waals surface area contributed by atoms with E-state index >= 15 is 0 Å². The molecule has 0 amide bonds. The summed E-state index contributed by atoms with van der Waals surface area (Å²) in [5.41, 5.74) is 0. The summed E-state index contributed by atoms with van der Waals surface area (Å²) in [5, 5.41) is 15.1. The molecule has 1 fully saturated rings. The minimum Gasteiger partial charge on any atom is -0.395 e. The zero-order chi connectivity index (χ0) is 13.2. The molecule has 102 valence electrons. The Balaban J connectivity index is 1.70. The molecule has 2 heterocycles. The van der Waals surface area contributed by atoms with Gasteiger partial charge in [-0.05, 0) is 34.8 Å². The van der Waals surface area contributed by atoms with Crippen LogP contribution in [0.3, 0.4) is 0 Å². The summed E-state index contributed by atoms with van der Waals surface area (Å²) in [4.78, 5) is 7.60. The Morgan fingerprint density at radius 1 is 1.53 bits per heavy atom. The van der Waals surface area contributed by atoms with Gasteiger partial charge in [0, 0.05) is 22.4 Å². The van der Waals surface area contributed by atoms with E-state index in [9.17, 15) is 0 Å². The number of aliphatic hydroxyl groups excluding tert-OH is 1. The van der Waals surface area contributed by atoms with E-state index in [4.69, 9.17) is 9.63 Å². The molecule has 0 spiro atoms. The third kappa shape index (κ3) is 3.22. The van der Waals surface area contributed by atoms with Crippen molar-refractivity contribution < 1.29 is 9.63 Å². The average molecular weight is 344 g/mol. The van der Waals surface area contributed by atoms with Crippen molar-refractivity contribution in [3.63, 3.8) is 0 Å². The van der Waals surface area contributed by atoms with Gasteiger partial charge in [0.05, 0.1) is 18.0 Å². The number of aliphatic hydroxyl groups is 1. The lowest BCUT2D eigenvalue weighted by Crippen LogP contribution is -2.28. The van der Waals surface area contributed by atoms with Crippen molar-refractivity contribution in [1.29, 1.82) is 0 Å². The van der Waals surface area contributed by atoms with Gasteiger partial charge in [-0.1, -0.05) is 5.16 Å². The fourth-order valence-corrected chi connectivity index (χ4v) is 3.33. The SMILES string of the molecule is OCCN(Cc1nc(-c2cc(Br)cs2)no1)C1CC1. The summed E-state index contributed by atoms with van der Waals surface area (Å²) < 4.78 is 6.32. The molecule has 1 N–H and O–H groups in total. The highest BCUT2D eigenvalue weighted by atomic mass is 79.9. The second-order valence-corrected chi connectivity index (χ2v) is 6.39. The number of halogens is 1. The molecule has 0 bridgehead atoms. The zero-order valence-electron chi connectivity index (χ0n) is 10.3. The molecule has 0 atom stereocenters. The van der Waals surface area contributed by atoms with Crippen LogP contribution in [0.15, 0.2) is 20.4 Å². The van der Waals surface area contributed by atoms with Gasteiger partial charge in [-0.3, -0.25) is 4.90 Å². The van der Waals surface area contributed by atoms with Gasteiger partial charge in [0.25, 0.3) is 0 Å². The van der Waals surface area contributed by atoms with Crippen molar-refractivity contribution in [3.8, 4) is 10.7 Å². The first-order valence-corrected chi connectivity index (χ1v) is 7.85. The molecule has 3 rings (SSSR count). The Labute approximate surface area is 123 Å². The average Bonchev–Trinajstić information content (AvgIpc) is 2.99. The molecular formula is C12H14BrN3O2S. The lowest BCUT2D eigenvalue weighted by molar-refractivity contribution is 0.167. The molecule has 5 nitrogen and oxygen atoms in total. The Hall–Kier alpha value is -0.760. The van der Waals surface area contributed by atoms with Crippen molar-refractivity contribution in [2.45, 2.75) is 25.4 Å². The second kappa shape index (κ2) is 5.70. The van der Waals surface area contributed by atoms with E-state index in [-0.39, 0.29) is 6.61 Å². The molecule has 2 aromatic heterocycles. The molecule has 19 heavy (non-hydrogen) atoms. The highest BCUT2D eigenvalue weighted by molar-refractivity contribution is 9.10. The summed E-state index contributed by atoms with van der Waals surface area (Å²) >= 11 is 4.99. The molecule has 2 aromatic rings. The predicted octanol–water partition coefficient (Wildman–Crippen LogP) is 2.52. The van der Waals surface area contributed by atoms with Crippen molar-refractivity contribution in [2.24, 2.45) is 0 Å². The lowest BCUT2D eigenvalue weighted by atomic mass is 10.4. The van der Waals surface area contributed by atoms with E-state index in [2.05, 4.69) is 31.0 Å². The second-order valence-electron chi connectivity index (χ2n) is 4.57. The quantitative estimate of drug-likeness (QED) is 0.873. The third-order valence-electron chi connectivity index (χ3n) is 3.04. The lowest BCUT2D eigenvalue weighted by Gasteiger charge is -2.17. The van der Waals surface area contributed by atoms with E-state index in [0.717, 1.165) is 9.35 Å². The standard InChI is InChI=1S/C12H14BrN3O2S/c13-8-5-10(19-7-8)12-14-11(18-15-12)6-16(3-4-17)9-1-2-9/h5,7,9,17H,1-4,6H2. The van der Waals surface area contributed by atoms with Gasteiger partial charge >= 0.3 is 0 Å². The zero-order valence-corrected chi connectivity index (χ0v) is 12.7. The molecule has 1 aliphatic carbocycles. The Morgan fingerprint density at radius 3 is 3.00 bits per heavy atom. The summed E-state index contributed by atoms with van der Waals surface area (Å²) in [6, 6.07) is 2.55. The van der Waals surface area contributed by atoms with Crippen molar-refractivity contribution in [2.75, 3.05) is 13.2 Å². The van der Waals surface area contributed by atoms with Crippen LogP contribution in [-0.4, -0.2) is 39.3 Å². The highest BCUT2D eigenvalue weighted by Crippen LogP contribution is 2.30. The van der Waals surface area contributed by atoms with Crippen LogP contribution in [0.25, 0.3) is 10.7 Å². The van der Waals surface area contributed by atoms with Crippen LogP contribution in [0.5, 0.6) is 0 Å². The fourth-order valence-electron chi connectivity index (χ4n) is 1.98. The normalized spacial score (nSPS) is 15.3. The number of thiophene rings is 1. The van der Waals surface area contributed by atoms with Crippen LogP contribution in [0, 0.1) is 0 Å². The van der Waals surface area contributed by atoms with Gasteiger partial charge in [0.1, 0.15) is 0 Å². The molecular weight excluding hydrogens is 330 g/mol. The topological polar surface area (TPSA) is 62.4 Å². The molecule has 0 aromatic carbocycles. The largest absolute Gasteiger partial charge is 0.395 e. The van der Waals surface area contributed by atoms with E-state index in [0.29, 0.717) is 30.8 Å². The van der Waals surface area contributed by atoms with Crippen LogP contribution in [0.4, 0.5) is 0 Å².